The van der Waals surface area contributed by atoms with Crippen LogP contribution in [0.3, 0.4) is 0 Å². The van der Waals surface area contributed by atoms with Gasteiger partial charge in [-0.3, -0.25) is 9.59 Å². The molecule has 1 heterocycles. The number of halogens is 1. The zero-order valence-corrected chi connectivity index (χ0v) is 16.4. The summed E-state index contributed by atoms with van der Waals surface area (Å²) in [7, 11) is 0. The minimum Gasteiger partial charge on any atom is -0.478 e. The molecule has 0 aliphatic carbocycles. The molecule has 0 saturated heterocycles. The average Bonchev–Trinajstić information content (AvgIpc) is 3.16. The van der Waals surface area contributed by atoms with Crippen LogP contribution in [0.1, 0.15) is 33.4 Å². The first-order chi connectivity index (χ1) is 14.3. The fourth-order valence-corrected chi connectivity index (χ4v) is 2.78. The Morgan fingerprint density at radius 1 is 1.10 bits per heavy atom. The Kier molecular flexibility index (Phi) is 6.29. The van der Waals surface area contributed by atoms with Crippen LogP contribution >= 0.6 is 11.6 Å². The predicted molar refractivity (Wildman–Crippen MR) is 112 cm³/mol. The number of carboxylic acids is 1. The highest BCUT2D eigenvalue weighted by Gasteiger charge is 2.12. The van der Waals surface area contributed by atoms with Crippen LogP contribution in [0.25, 0.3) is 11.3 Å². The number of hydrogen-bond donors (Lipinski definition) is 3. The van der Waals surface area contributed by atoms with Gasteiger partial charge in [-0.15, -0.1) is 0 Å². The Balaban J connectivity index is 1.68. The minimum atomic E-state index is -1.14. The summed E-state index contributed by atoms with van der Waals surface area (Å²) >= 11 is 5.87. The molecule has 0 unspecified atom stereocenters. The highest BCUT2D eigenvalue weighted by molar-refractivity contribution is 6.33. The van der Waals surface area contributed by atoms with Gasteiger partial charge in [0, 0.05) is 23.7 Å². The number of aromatic carboxylic acids is 1. The Bertz CT molecular complexity index is 1150. The molecule has 0 aliphatic rings. The Morgan fingerprint density at radius 2 is 1.90 bits per heavy atom. The lowest BCUT2D eigenvalue weighted by Gasteiger charge is -2.04. The van der Waals surface area contributed by atoms with Gasteiger partial charge in [-0.05, 0) is 48.5 Å². The van der Waals surface area contributed by atoms with Crippen LogP contribution in [0.4, 0.5) is 5.69 Å². The van der Waals surface area contributed by atoms with Gasteiger partial charge in [-0.2, -0.15) is 5.10 Å². The molecule has 8 nitrogen and oxygen atoms in total. The second kappa shape index (κ2) is 9.06. The quantitative estimate of drug-likeness (QED) is 0.407. The number of carboxylic acid groups (broad SMARTS) is 1. The van der Waals surface area contributed by atoms with Crippen LogP contribution in [0, 0.1) is 0 Å². The molecule has 9 heteroatoms. The summed E-state index contributed by atoms with van der Waals surface area (Å²) in [6.07, 6.45) is 1.31. The van der Waals surface area contributed by atoms with Gasteiger partial charge in [-0.25, -0.2) is 10.2 Å². The molecule has 2 aromatic carbocycles. The number of anilines is 1. The van der Waals surface area contributed by atoms with Crippen molar-refractivity contribution in [3.05, 3.63) is 76.5 Å². The normalized spacial score (nSPS) is 10.7. The number of benzene rings is 2. The topological polar surface area (TPSA) is 121 Å². The molecule has 0 aliphatic heterocycles. The molecule has 3 aromatic rings. The molecule has 0 fully saturated rings. The van der Waals surface area contributed by atoms with E-state index in [0.29, 0.717) is 28.3 Å². The van der Waals surface area contributed by atoms with E-state index in [-0.39, 0.29) is 16.5 Å². The van der Waals surface area contributed by atoms with E-state index in [1.807, 2.05) is 0 Å². The third kappa shape index (κ3) is 5.12. The van der Waals surface area contributed by atoms with E-state index in [4.69, 9.17) is 21.1 Å². The first-order valence-electron chi connectivity index (χ1n) is 8.67. The summed E-state index contributed by atoms with van der Waals surface area (Å²) in [5.41, 5.74) is 3.69. The zero-order valence-electron chi connectivity index (χ0n) is 15.7. The Labute approximate surface area is 176 Å². The van der Waals surface area contributed by atoms with Crippen molar-refractivity contribution in [1.29, 1.82) is 0 Å². The van der Waals surface area contributed by atoms with Crippen LogP contribution in [-0.2, 0) is 4.79 Å². The van der Waals surface area contributed by atoms with E-state index in [2.05, 4.69) is 15.8 Å². The Morgan fingerprint density at radius 3 is 2.63 bits per heavy atom. The highest BCUT2D eigenvalue weighted by Crippen LogP contribution is 2.26. The van der Waals surface area contributed by atoms with Gasteiger partial charge in [0.25, 0.3) is 5.91 Å². The van der Waals surface area contributed by atoms with Gasteiger partial charge >= 0.3 is 5.97 Å². The van der Waals surface area contributed by atoms with Crippen molar-refractivity contribution in [3.8, 4) is 11.3 Å². The molecule has 3 rings (SSSR count). The van der Waals surface area contributed by atoms with Crippen molar-refractivity contribution in [2.24, 2.45) is 5.10 Å². The van der Waals surface area contributed by atoms with E-state index in [1.54, 1.807) is 36.4 Å². The monoisotopic (exact) mass is 425 g/mol. The number of rotatable bonds is 6. The lowest BCUT2D eigenvalue weighted by atomic mass is 10.1. The molecule has 152 valence electrons. The second-order valence-electron chi connectivity index (χ2n) is 6.16. The van der Waals surface area contributed by atoms with Gasteiger partial charge in [-0.1, -0.05) is 17.7 Å². The van der Waals surface area contributed by atoms with Crippen LogP contribution < -0.4 is 10.7 Å². The molecule has 0 saturated carbocycles. The molecule has 0 atom stereocenters. The number of amides is 2. The summed E-state index contributed by atoms with van der Waals surface area (Å²) in [5, 5.41) is 15.7. The average molecular weight is 426 g/mol. The van der Waals surface area contributed by atoms with Crippen molar-refractivity contribution in [3.63, 3.8) is 0 Å². The van der Waals surface area contributed by atoms with Crippen molar-refractivity contribution in [1.82, 2.24) is 5.43 Å². The summed E-state index contributed by atoms with van der Waals surface area (Å²) in [6, 6.07) is 14.2. The number of hydrazone groups is 1. The standard InChI is InChI=1S/C21H16ClN3O5/c1-12(26)24-15-4-2-3-14(9-15)20(27)25-23-11-16-6-8-19(30-16)13-5-7-18(22)17(10-13)21(28)29/h2-11H,1H3,(H,24,26)(H,25,27)(H,28,29)/b23-11-. The first-order valence-corrected chi connectivity index (χ1v) is 9.05. The maximum absolute atomic E-state index is 12.2. The highest BCUT2D eigenvalue weighted by atomic mass is 35.5. The van der Waals surface area contributed by atoms with Crippen LogP contribution in [0.2, 0.25) is 5.02 Å². The number of nitrogens with one attached hydrogen (secondary N) is 2. The van der Waals surface area contributed by atoms with Gasteiger partial charge in [0.15, 0.2) is 0 Å². The minimum absolute atomic E-state index is 0.0328. The van der Waals surface area contributed by atoms with E-state index in [9.17, 15) is 14.4 Å². The third-order valence-electron chi connectivity index (χ3n) is 3.91. The van der Waals surface area contributed by atoms with Crippen molar-refractivity contribution in [2.75, 3.05) is 5.32 Å². The molecule has 0 radical (unpaired) electrons. The summed E-state index contributed by atoms with van der Waals surface area (Å²) < 4.78 is 5.61. The lowest BCUT2D eigenvalue weighted by Crippen LogP contribution is -2.18. The van der Waals surface area contributed by atoms with E-state index >= 15 is 0 Å². The number of carbonyl (C=O) groups excluding carboxylic acids is 2. The molecular weight excluding hydrogens is 410 g/mol. The smallest absolute Gasteiger partial charge is 0.337 e. The fourth-order valence-electron chi connectivity index (χ4n) is 2.58. The first kappa shape index (κ1) is 20.8. The predicted octanol–water partition coefficient (Wildman–Crippen LogP) is 4.02. The summed E-state index contributed by atoms with van der Waals surface area (Å²) in [5.74, 6) is -1.07. The molecule has 2 amide bonds. The number of nitrogens with zero attached hydrogens (tertiary/aromatic N) is 1. The van der Waals surface area contributed by atoms with Gasteiger partial charge < -0.3 is 14.8 Å². The van der Waals surface area contributed by atoms with Crippen molar-refractivity contribution < 1.29 is 23.9 Å². The fraction of sp³-hybridized carbons (Fsp3) is 0.0476. The van der Waals surface area contributed by atoms with E-state index < -0.39 is 11.9 Å². The van der Waals surface area contributed by atoms with Gasteiger partial charge in [0.2, 0.25) is 5.91 Å². The van der Waals surface area contributed by atoms with Crippen LogP contribution in [0.15, 0.2) is 64.1 Å². The number of carbonyl (C=O) groups is 3. The third-order valence-corrected chi connectivity index (χ3v) is 4.24. The van der Waals surface area contributed by atoms with Crippen molar-refractivity contribution in [2.45, 2.75) is 6.92 Å². The van der Waals surface area contributed by atoms with Gasteiger partial charge in [0.05, 0.1) is 16.8 Å². The second-order valence-corrected chi connectivity index (χ2v) is 6.57. The van der Waals surface area contributed by atoms with Gasteiger partial charge in [0.1, 0.15) is 11.5 Å². The molecule has 3 N–H and O–H groups in total. The maximum atomic E-state index is 12.2. The zero-order chi connectivity index (χ0) is 21.7. The Hall–Kier alpha value is -3.91. The number of furan rings is 1. The van der Waals surface area contributed by atoms with E-state index in [1.165, 1.54) is 31.3 Å². The summed E-state index contributed by atoms with van der Waals surface area (Å²) in [4.78, 5) is 34.5. The summed E-state index contributed by atoms with van der Waals surface area (Å²) in [6.45, 7) is 1.38. The molecule has 30 heavy (non-hydrogen) atoms. The largest absolute Gasteiger partial charge is 0.478 e. The molecule has 1 aromatic heterocycles. The van der Waals surface area contributed by atoms with Crippen LogP contribution in [0.5, 0.6) is 0 Å². The number of hydrogen-bond acceptors (Lipinski definition) is 5. The molecule has 0 bridgehead atoms. The van der Waals surface area contributed by atoms with Crippen LogP contribution in [-0.4, -0.2) is 29.1 Å². The van der Waals surface area contributed by atoms with Crippen molar-refractivity contribution >= 4 is 41.3 Å². The molecule has 0 spiro atoms. The maximum Gasteiger partial charge on any atom is 0.337 e. The molecular formula is C21H16ClN3O5. The lowest BCUT2D eigenvalue weighted by molar-refractivity contribution is -0.114. The SMILES string of the molecule is CC(=O)Nc1cccc(C(=O)N/N=C\c2ccc(-c3ccc(Cl)c(C(=O)O)c3)o2)c1. The van der Waals surface area contributed by atoms with E-state index in [0.717, 1.165) is 0 Å².